The molecule has 126 valence electrons. The number of rotatable bonds is 4. The summed E-state index contributed by atoms with van der Waals surface area (Å²) in [6, 6.07) is 9.84. The summed E-state index contributed by atoms with van der Waals surface area (Å²) >= 11 is 0. The lowest BCUT2D eigenvalue weighted by Crippen LogP contribution is -2.24. The molecule has 2 aromatic carbocycles. The molecule has 0 amide bonds. The van der Waals surface area contributed by atoms with Crippen LogP contribution in [0.25, 0.3) is 0 Å². The number of esters is 1. The van der Waals surface area contributed by atoms with Gasteiger partial charge in [0, 0.05) is 11.8 Å². The Balaban J connectivity index is 2.25. The Hall–Kier alpha value is -2.96. The smallest absolute Gasteiger partial charge is 0.341 e. The maximum atomic E-state index is 14.2. The summed E-state index contributed by atoms with van der Waals surface area (Å²) in [7, 11) is 0. The van der Waals surface area contributed by atoms with E-state index in [1.807, 2.05) is 0 Å². The molecule has 24 heavy (non-hydrogen) atoms. The molecule has 0 saturated carbocycles. The van der Waals surface area contributed by atoms with Crippen molar-refractivity contribution in [3.63, 3.8) is 0 Å². The van der Waals surface area contributed by atoms with Crippen LogP contribution >= 0.6 is 0 Å². The molecular formula is C17H17FN2O4. The van der Waals surface area contributed by atoms with Crippen molar-refractivity contribution < 1.29 is 18.8 Å². The quantitative estimate of drug-likeness (QED) is 0.509. The van der Waals surface area contributed by atoms with Crippen molar-refractivity contribution in [2.75, 3.05) is 5.32 Å². The molecular weight excluding hydrogens is 315 g/mol. The molecule has 2 aromatic rings. The predicted octanol–water partition coefficient (Wildman–Crippen LogP) is 4.43. The van der Waals surface area contributed by atoms with Crippen LogP contribution in [0.5, 0.6) is 0 Å². The average Bonchev–Trinajstić information content (AvgIpc) is 2.45. The Kier molecular flexibility index (Phi) is 4.82. The van der Waals surface area contributed by atoms with Crippen molar-refractivity contribution in [1.29, 1.82) is 0 Å². The highest BCUT2D eigenvalue weighted by Crippen LogP contribution is 2.28. The van der Waals surface area contributed by atoms with Gasteiger partial charge in [-0.05, 0) is 45.0 Å². The molecule has 0 aliphatic carbocycles. The number of hydrogen-bond acceptors (Lipinski definition) is 5. The third kappa shape index (κ3) is 4.28. The maximum absolute atomic E-state index is 14.2. The van der Waals surface area contributed by atoms with Crippen LogP contribution in [0.15, 0.2) is 42.5 Å². The van der Waals surface area contributed by atoms with Gasteiger partial charge in [0.25, 0.3) is 5.69 Å². The van der Waals surface area contributed by atoms with Crippen molar-refractivity contribution in [3.8, 4) is 0 Å². The lowest BCUT2D eigenvalue weighted by Gasteiger charge is -2.19. The fourth-order valence-corrected chi connectivity index (χ4v) is 1.99. The minimum atomic E-state index is -0.771. The highest BCUT2D eigenvalue weighted by molar-refractivity contribution is 5.90. The zero-order chi connectivity index (χ0) is 17.9. The Morgan fingerprint density at radius 1 is 1.21 bits per heavy atom. The van der Waals surface area contributed by atoms with Gasteiger partial charge in [0.1, 0.15) is 17.1 Å². The van der Waals surface area contributed by atoms with E-state index in [1.54, 1.807) is 26.8 Å². The second-order valence-electron chi connectivity index (χ2n) is 6.10. The molecule has 0 aliphatic heterocycles. The largest absolute Gasteiger partial charge is 0.456 e. The lowest BCUT2D eigenvalue weighted by molar-refractivity contribution is -0.383. The van der Waals surface area contributed by atoms with E-state index in [0.29, 0.717) is 0 Å². The fraction of sp³-hybridized carbons (Fsp3) is 0.235. The highest BCUT2D eigenvalue weighted by atomic mass is 19.1. The van der Waals surface area contributed by atoms with Gasteiger partial charge in [-0.1, -0.05) is 12.1 Å². The maximum Gasteiger partial charge on any atom is 0.341 e. The lowest BCUT2D eigenvalue weighted by atomic mass is 10.1. The number of halogens is 1. The molecule has 1 N–H and O–H groups in total. The van der Waals surface area contributed by atoms with Crippen LogP contribution in [0, 0.1) is 15.9 Å². The van der Waals surface area contributed by atoms with Crippen molar-refractivity contribution >= 4 is 23.0 Å². The van der Waals surface area contributed by atoms with Crippen LogP contribution in [0.1, 0.15) is 31.1 Å². The van der Waals surface area contributed by atoms with Crippen molar-refractivity contribution in [2.45, 2.75) is 26.4 Å². The van der Waals surface area contributed by atoms with Crippen molar-refractivity contribution in [2.24, 2.45) is 0 Å². The number of carbonyl (C=O) groups excluding carboxylic acids is 1. The Morgan fingerprint density at radius 2 is 1.88 bits per heavy atom. The summed E-state index contributed by atoms with van der Waals surface area (Å²) in [5.41, 5.74) is -0.543. The van der Waals surface area contributed by atoms with E-state index in [4.69, 9.17) is 4.74 Å². The number of carbonyl (C=O) groups is 1. The van der Waals surface area contributed by atoms with Crippen LogP contribution in [0.4, 0.5) is 21.5 Å². The average molecular weight is 332 g/mol. The topological polar surface area (TPSA) is 81.5 Å². The van der Waals surface area contributed by atoms with E-state index in [0.717, 1.165) is 6.07 Å². The molecule has 0 aliphatic rings. The number of nitrogens with zero attached hydrogens (tertiary/aromatic N) is 1. The molecule has 0 heterocycles. The number of nitrogens with one attached hydrogen (secondary N) is 1. The van der Waals surface area contributed by atoms with Crippen LogP contribution < -0.4 is 5.32 Å². The van der Waals surface area contributed by atoms with Gasteiger partial charge in [0.15, 0.2) is 0 Å². The SMILES string of the molecule is CC(C)(C)OC(=O)c1ccc(Nc2ccccc2[N+](=O)[O-])cc1F. The molecule has 2 rings (SSSR count). The second kappa shape index (κ2) is 6.66. The van der Waals surface area contributed by atoms with Gasteiger partial charge < -0.3 is 10.1 Å². The molecule has 0 atom stereocenters. The summed E-state index contributed by atoms with van der Waals surface area (Å²) in [6.07, 6.45) is 0. The molecule has 0 saturated heterocycles. The predicted molar refractivity (Wildman–Crippen MR) is 87.9 cm³/mol. The molecule has 7 heteroatoms. The third-order valence-electron chi connectivity index (χ3n) is 2.97. The fourth-order valence-electron chi connectivity index (χ4n) is 1.99. The number of ether oxygens (including phenoxy) is 1. The monoisotopic (exact) mass is 332 g/mol. The van der Waals surface area contributed by atoms with Gasteiger partial charge in [-0.2, -0.15) is 0 Å². The summed E-state index contributed by atoms with van der Waals surface area (Å²) in [5.74, 6) is -1.54. The van der Waals surface area contributed by atoms with Gasteiger partial charge in [0.2, 0.25) is 0 Å². The number of nitro benzene ring substituents is 1. The number of para-hydroxylation sites is 2. The zero-order valence-corrected chi connectivity index (χ0v) is 13.5. The molecule has 0 radical (unpaired) electrons. The Bertz CT molecular complexity index is 784. The standard InChI is InChI=1S/C17H17FN2O4/c1-17(2,3)24-16(21)12-9-8-11(10-13(12)18)19-14-6-4-5-7-15(14)20(22)23/h4-10,19H,1-3H3. The van der Waals surface area contributed by atoms with E-state index in [-0.39, 0.29) is 22.6 Å². The molecule has 0 unspecified atom stereocenters. The number of nitro groups is 1. The van der Waals surface area contributed by atoms with Crippen LogP contribution in [0.2, 0.25) is 0 Å². The number of anilines is 2. The van der Waals surface area contributed by atoms with Gasteiger partial charge in [0.05, 0.1) is 10.5 Å². The van der Waals surface area contributed by atoms with Crippen LogP contribution in [-0.4, -0.2) is 16.5 Å². The van der Waals surface area contributed by atoms with E-state index in [2.05, 4.69) is 5.32 Å². The highest BCUT2D eigenvalue weighted by Gasteiger charge is 2.21. The number of hydrogen-bond donors (Lipinski definition) is 1. The first-order valence-electron chi connectivity index (χ1n) is 7.21. The molecule has 6 nitrogen and oxygen atoms in total. The summed E-state index contributed by atoms with van der Waals surface area (Å²) in [4.78, 5) is 22.4. The number of benzene rings is 2. The van der Waals surface area contributed by atoms with Gasteiger partial charge in [-0.3, -0.25) is 10.1 Å². The summed E-state index contributed by atoms with van der Waals surface area (Å²) in [5, 5.41) is 13.8. The first-order valence-corrected chi connectivity index (χ1v) is 7.21. The first-order chi connectivity index (χ1) is 11.2. The third-order valence-corrected chi connectivity index (χ3v) is 2.97. The zero-order valence-electron chi connectivity index (χ0n) is 13.5. The van der Waals surface area contributed by atoms with E-state index in [1.165, 1.54) is 30.3 Å². The minimum Gasteiger partial charge on any atom is -0.456 e. The van der Waals surface area contributed by atoms with Crippen LogP contribution in [0.3, 0.4) is 0 Å². The van der Waals surface area contributed by atoms with Gasteiger partial charge in [-0.25, -0.2) is 9.18 Å². The van der Waals surface area contributed by atoms with E-state index >= 15 is 0 Å². The van der Waals surface area contributed by atoms with E-state index < -0.39 is 22.3 Å². The van der Waals surface area contributed by atoms with Gasteiger partial charge >= 0.3 is 5.97 Å². The summed E-state index contributed by atoms with van der Waals surface area (Å²) in [6.45, 7) is 5.06. The van der Waals surface area contributed by atoms with Crippen molar-refractivity contribution in [3.05, 3.63) is 64.0 Å². The molecule has 0 spiro atoms. The first kappa shape index (κ1) is 17.4. The van der Waals surface area contributed by atoms with Crippen LogP contribution in [-0.2, 0) is 4.74 Å². The van der Waals surface area contributed by atoms with Crippen molar-refractivity contribution in [1.82, 2.24) is 0 Å². The Labute approximate surface area is 138 Å². The summed E-state index contributed by atoms with van der Waals surface area (Å²) < 4.78 is 19.3. The molecule has 0 bridgehead atoms. The Morgan fingerprint density at radius 3 is 2.46 bits per heavy atom. The normalized spacial score (nSPS) is 11.0. The van der Waals surface area contributed by atoms with Gasteiger partial charge in [-0.15, -0.1) is 0 Å². The molecule has 0 fully saturated rings. The second-order valence-corrected chi connectivity index (χ2v) is 6.10. The molecule has 0 aromatic heterocycles. The minimum absolute atomic E-state index is 0.130. The van der Waals surface area contributed by atoms with E-state index in [9.17, 15) is 19.3 Å².